The molecule has 0 N–H and O–H groups in total. The minimum Gasteiger partial charge on any atom is -0.435 e. The number of hydrogen-bond donors (Lipinski definition) is 0. The number of rotatable bonds is 14. The summed E-state index contributed by atoms with van der Waals surface area (Å²) >= 11 is 0. The number of ether oxygens (including phenoxy) is 2. The van der Waals surface area contributed by atoms with Crippen molar-refractivity contribution in [2.45, 2.75) is 103 Å². The van der Waals surface area contributed by atoms with Crippen molar-refractivity contribution in [1.29, 1.82) is 0 Å². The molecule has 1 aliphatic carbocycles. The highest BCUT2D eigenvalue weighted by Crippen LogP contribution is 2.38. The Balaban J connectivity index is 1.35. The van der Waals surface area contributed by atoms with Crippen LogP contribution in [0, 0.1) is 5.92 Å². The van der Waals surface area contributed by atoms with Crippen molar-refractivity contribution in [2.75, 3.05) is 0 Å². The van der Waals surface area contributed by atoms with Gasteiger partial charge >= 0.3 is 12.6 Å². The van der Waals surface area contributed by atoms with Crippen LogP contribution in [0.5, 0.6) is 11.5 Å². The molecule has 0 unspecified atom stereocenters. The van der Waals surface area contributed by atoms with Crippen molar-refractivity contribution in [3.05, 3.63) is 59.7 Å². The highest BCUT2D eigenvalue weighted by molar-refractivity contribution is 5.91. The third kappa shape index (κ3) is 9.62. The van der Waals surface area contributed by atoms with E-state index in [9.17, 15) is 13.6 Å². The Bertz CT molecular complexity index is 856. The fourth-order valence-electron chi connectivity index (χ4n) is 5.10. The second-order valence-electron chi connectivity index (χ2n) is 9.84. The van der Waals surface area contributed by atoms with Crippen LogP contribution in [0.15, 0.2) is 48.5 Å². The maximum absolute atomic E-state index is 12.3. The summed E-state index contributed by atoms with van der Waals surface area (Å²) in [4.78, 5) is 12.3. The Hall–Kier alpha value is -2.43. The first-order valence-corrected chi connectivity index (χ1v) is 13.4. The van der Waals surface area contributed by atoms with Crippen LogP contribution in [0.25, 0.3) is 0 Å². The summed E-state index contributed by atoms with van der Waals surface area (Å²) in [5, 5.41) is 0. The van der Waals surface area contributed by atoms with E-state index in [0.29, 0.717) is 11.7 Å². The SMILES string of the molecule is CCCCCCCCCCC1CCC(c2ccc(OC(=O)c3ccc(OC(F)F)cc3)cc2)CC1. The van der Waals surface area contributed by atoms with Crippen molar-refractivity contribution < 1.29 is 23.0 Å². The number of carbonyl (C=O) groups is 1. The molecule has 0 amide bonds. The van der Waals surface area contributed by atoms with Gasteiger partial charge in [0.2, 0.25) is 0 Å². The number of carbonyl (C=O) groups excluding carboxylic acids is 1. The molecule has 0 radical (unpaired) electrons. The molecule has 0 saturated heterocycles. The Morgan fingerprint density at radius 3 is 1.97 bits per heavy atom. The quantitative estimate of drug-likeness (QED) is 0.152. The zero-order valence-corrected chi connectivity index (χ0v) is 21.0. The fourth-order valence-corrected chi connectivity index (χ4v) is 5.10. The predicted molar refractivity (Wildman–Crippen MR) is 136 cm³/mol. The average Bonchev–Trinajstić information content (AvgIpc) is 2.86. The molecule has 0 bridgehead atoms. The van der Waals surface area contributed by atoms with Gasteiger partial charge in [0.1, 0.15) is 11.5 Å². The molecule has 2 aromatic carbocycles. The van der Waals surface area contributed by atoms with E-state index in [1.54, 1.807) is 0 Å². The molecular weight excluding hydrogens is 446 g/mol. The average molecular weight is 487 g/mol. The number of unbranched alkanes of at least 4 members (excludes halogenated alkanes) is 7. The Labute approximate surface area is 209 Å². The van der Waals surface area contributed by atoms with Gasteiger partial charge in [-0.2, -0.15) is 8.78 Å². The summed E-state index contributed by atoms with van der Waals surface area (Å²) in [6.45, 7) is -0.624. The lowest BCUT2D eigenvalue weighted by molar-refractivity contribution is -0.0498. The molecule has 3 nitrogen and oxygen atoms in total. The summed E-state index contributed by atoms with van der Waals surface area (Å²) in [5.74, 6) is 1.42. The minimum absolute atomic E-state index is 0.00780. The molecule has 0 spiro atoms. The van der Waals surface area contributed by atoms with E-state index in [1.165, 1.54) is 113 Å². The van der Waals surface area contributed by atoms with Crippen LogP contribution in [0.3, 0.4) is 0 Å². The van der Waals surface area contributed by atoms with Gasteiger partial charge in [0.25, 0.3) is 0 Å². The molecule has 0 aromatic heterocycles. The van der Waals surface area contributed by atoms with Crippen molar-refractivity contribution in [1.82, 2.24) is 0 Å². The monoisotopic (exact) mass is 486 g/mol. The van der Waals surface area contributed by atoms with Crippen molar-refractivity contribution in [3.8, 4) is 11.5 Å². The van der Waals surface area contributed by atoms with Crippen LogP contribution >= 0.6 is 0 Å². The van der Waals surface area contributed by atoms with Crippen LogP contribution in [-0.2, 0) is 0 Å². The molecule has 0 atom stereocenters. The molecular formula is C30H40F2O3. The molecule has 35 heavy (non-hydrogen) atoms. The Kier molecular flexibility index (Phi) is 11.5. The van der Waals surface area contributed by atoms with E-state index in [2.05, 4.69) is 23.8 Å². The zero-order chi connectivity index (χ0) is 24.9. The maximum Gasteiger partial charge on any atom is 0.387 e. The van der Waals surface area contributed by atoms with Crippen molar-refractivity contribution >= 4 is 5.97 Å². The lowest BCUT2D eigenvalue weighted by Gasteiger charge is -2.29. The lowest BCUT2D eigenvalue weighted by atomic mass is 9.77. The highest BCUT2D eigenvalue weighted by Gasteiger charge is 2.22. The molecule has 3 rings (SSSR count). The first-order valence-electron chi connectivity index (χ1n) is 13.4. The second kappa shape index (κ2) is 14.9. The van der Waals surface area contributed by atoms with Gasteiger partial charge in [-0.05, 0) is 79.5 Å². The smallest absolute Gasteiger partial charge is 0.387 e. The van der Waals surface area contributed by atoms with Crippen LogP contribution < -0.4 is 9.47 Å². The second-order valence-corrected chi connectivity index (χ2v) is 9.84. The van der Waals surface area contributed by atoms with Gasteiger partial charge in [0, 0.05) is 0 Å². The van der Waals surface area contributed by atoms with E-state index in [0.717, 1.165) is 5.92 Å². The Morgan fingerprint density at radius 1 is 0.800 bits per heavy atom. The first kappa shape index (κ1) is 27.2. The van der Waals surface area contributed by atoms with Crippen LogP contribution in [0.4, 0.5) is 8.78 Å². The number of alkyl halides is 2. The van der Waals surface area contributed by atoms with E-state index in [4.69, 9.17) is 4.74 Å². The molecule has 1 saturated carbocycles. The normalized spacial score (nSPS) is 17.9. The van der Waals surface area contributed by atoms with Gasteiger partial charge in [-0.1, -0.05) is 76.8 Å². The van der Waals surface area contributed by atoms with Gasteiger partial charge in [0.15, 0.2) is 0 Å². The van der Waals surface area contributed by atoms with E-state index in [-0.39, 0.29) is 11.3 Å². The first-order chi connectivity index (χ1) is 17.0. The topological polar surface area (TPSA) is 35.5 Å². The van der Waals surface area contributed by atoms with Gasteiger partial charge < -0.3 is 9.47 Å². The number of hydrogen-bond acceptors (Lipinski definition) is 3. The third-order valence-electron chi connectivity index (χ3n) is 7.19. The number of halogens is 2. The largest absolute Gasteiger partial charge is 0.435 e. The summed E-state index contributed by atoms with van der Waals surface area (Å²) in [5.41, 5.74) is 1.59. The molecule has 0 heterocycles. The molecule has 0 aliphatic heterocycles. The van der Waals surface area contributed by atoms with Crippen LogP contribution in [0.1, 0.15) is 112 Å². The van der Waals surface area contributed by atoms with Gasteiger partial charge in [0.05, 0.1) is 5.56 Å². The summed E-state index contributed by atoms with van der Waals surface area (Å²) in [6, 6.07) is 13.3. The molecule has 192 valence electrons. The zero-order valence-electron chi connectivity index (χ0n) is 21.0. The molecule has 2 aromatic rings. The molecule has 5 heteroatoms. The minimum atomic E-state index is -2.89. The van der Waals surface area contributed by atoms with Crippen molar-refractivity contribution in [2.24, 2.45) is 5.92 Å². The van der Waals surface area contributed by atoms with E-state index < -0.39 is 12.6 Å². The standard InChI is InChI=1S/C30H40F2O3/c1-2-3-4-5-6-7-8-9-10-23-11-13-24(14-12-23)25-15-19-27(20-16-25)34-29(33)26-17-21-28(22-18-26)35-30(31)32/h15-24,30H,2-14H2,1H3. The highest BCUT2D eigenvalue weighted by atomic mass is 19.3. The fraction of sp³-hybridized carbons (Fsp3) is 0.567. The van der Waals surface area contributed by atoms with Crippen LogP contribution in [0.2, 0.25) is 0 Å². The number of esters is 1. The number of benzene rings is 2. The summed E-state index contributed by atoms with van der Waals surface area (Å²) in [6.07, 6.45) is 17.5. The van der Waals surface area contributed by atoms with E-state index in [1.807, 2.05) is 12.1 Å². The van der Waals surface area contributed by atoms with E-state index >= 15 is 0 Å². The van der Waals surface area contributed by atoms with Gasteiger partial charge in [-0.3, -0.25) is 0 Å². The molecule has 1 fully saturated rings. The van der Waals surface area contributed by atoms with Gasteiger partial charge in [-0.25, -0.2) is 4.79 Å². The predicted octanol–water partition coefficient (Wildman–Crippen LogP) is 9.31. The van der Waals surface area contributed by atoms with Gasteiger partial charge in [-0.15, -0.1) is 0 Å². The maximum atomic E-state index is 12.3. The lowest BCUT2D eigenvalue weighted by Crippen LogP contribution is -2.13. The third-order valence-corrected chi connectivity index (χ3v) is 7.19. The van der Waals surface area contributed by atoms with Crippen molar-refractivity contribution in [3.63, 3.8) is 0 Å². The Morgan fingerprint density at radius 2 is 1.37 bits per heavy atom. The summed E-state index contributed by atoms with van der Waals surface area (Å²) < 4.78 is 34.3. The van der Waals surface area contributed by atoms with Crippen LogP contribution in [-0.4, -0.2) is 12.6 Å². The summed E-state index contributed by atoms with van der Waals surface area (Å²) in [7, 11) is 0. The molecule has 1 aliphatic rings.